The van der Waals surface area contributed by atoms with Gasteiger partial charge in [-0.3, -0.25) is 10.1 Å². The number of rotatable bonds is 4. The Bertz CT molecular complexity index is 402. The molecule has 18 heavy (non-hydrogen) atoms. The Morgan fingerprint density at radius 3 is 2.44 bits per heavy atom. The van der Waals surface area contributed by atoms with Crippen molar-refractivity contribution in [3.05, 3.63) is 35.9 Å². The third-order valence-corrected chi connectivity index (χ3v) is 3.54. The number of carbonyl (C=O) groups is 1. The summed E-state index contributed by atoms with van der Waals surface area (Å²) >= 11 is 0. The van der Waals surface area contributed by atoms with Crippen LogP contribution in [0, 0.1) is 5.92 Å². The minimum Gasteiger partial charge on any atom is -0.326 e. The van der Waals surface area contributed by atoms with Crippen LogP contribution in [-0.4, -0.2) is 29.6 Å². The summed E-state index contributed by atoms with van der Waals surface area (Å²) in [7, 11) is 0. The smallest absolute Gasteiger partial charge is 0.241 e. The van der Waals surface area contributed by atoms with Crippen molar-refractivity contribution in [2.24, 2.45) is 5.92 Å². The fraction of sp³-hybridized carbons (Fsp3) is 0.533. The highest BCUT2D eigenvalue weighted by molar-refractivity contribution is 5.84. The number of likely N-dealkylation sites (N-methyl/N-ethyl adjacent to an activating group) is 1. The van der Waals surface area contributed by atoms with Gasteiger partial charge in [-0.15, -0.1) is 0 Å². The number of benzene rings is 1. The van der Waals surface area contributed by atoms with Gasteiger partial charge in [0.1, 0.15) is 0 Å². The van der Waals surface area contributed by atoms with Crippen LogP contribution in [0.2, 0.25) is 0 Å². The van der Waals surface area contributed by atoms with E-state index in [1.165, 1.54) is 5.56 Å². The van der Waals surface area contributed by atoms with Crippen LogP contribution in [0.1, 0.15) is 26.3 Å². The van der Waals surface area contributed by atoms with E-state index in [4.69, 9.17) is 0 Å². The van der Waals surface area contributed by atoms with Crippen LogP contribution in [0.4, 0.5) is 0 Å². The van der Waals surface area contributed by atoms with E-state index < -0.39 is 0 Å². The molecule has 2 unspecified atom stereocenters. The monoisotopic (exact) mass is 246 g/mol. The van der Waals surface area contributed by atoms with Crippen LogP contribution in [-0.2, 0) is 11.2 Å². The average molecular weight is 246 g/mol. The van der Waals surface area contributed by atoms with E-state index >= 15 is 0 Å². The Kier molecular flexibility index (Phi) is 4.02. The molecule has 1 aromatic carbocycles. The maximum atomic E-state index is 12.3. The Hall–Kier alpha value is -1.35. The highest BCUT2D eigenvalue weighted by Crippen LogP contribution is 2.19. The predicted octanol–water partition coefficient (Wildman–Crippen LogP) is 2.03. The summed E-state index contributed by atoms with van der Waals surface area (Å²) in [6.07, 6.45) is 0.954. The van der Waals surface area contributed by atoms with Gasteiger partial charge in [-0.2, -0.15) is 0 Å². The van der Waals surface area contributed by atoms with Crippen molar-refractivity contribution in [3.63, 3.8) is 0 Å². The van der Waals surface area contributed by atoms with Crippen LogP contribution in [0.3, 0.4) is 0 Å². The van der Waals surface area contributed by atoms with Crippen molar-refractivity contribution >= 4 is 5.91 Å². The molecule has 3 nitrogen and oxygen atoms in total. The van der Waals surface area contributed by atoms with E-state index in [2.05, 4.69) is 31.3 Å². The second-order valence-electron chi connectivity index (χ2n) is 5.22. The molecule has 1 amide bonds. The molecule has 0 spiro atoms. The molecule has 0 aliphatic carbocycles. The van der Waals surface area contributed by atoms with E-state index in [0.717, 1.165) is 13.0 Å². The van der Waals surface area contributed by atoms with Gasteiger partial charge in [-0.1, -0.05) is 44.2 Å². The SMILES string of the molecule is CCN1C(=O)C(Cc2ccccc2)NC1C(C)C. The van der Waals surface area contributed by atoms with Gasteiger partial charge >= 0.3 is 0 Å². The molecule has 0 radical (unpaired) electrons. The molecule has 2 atom stereocenters. The molecule has 0 bridgehead atoms. The maximum absolute atomic E-state index is 12.3. The van der Waals surface area contributed by atoms with Gasteiger partial charge in [0.25, 0.3) is 0 Å². The molecule has 1 aliphatic rings. The van der Waals surface area contributed by atoms with Crippen molar-refractivity contribution in [2.45, 2.75) is 39.4 Å². The zero-order valence-electron chi connectivity index (χ0n) is 11.4. The molecular formula is C15H22N2O. The Labute approximate surface area is 109 Å². The number of nitrogens with one attached hydrogen (secondary N) is 1. The zero-order valence-corrected chi connectivity index (χ0v) is 11.4. The average Bonchev–Trinajstić information content (AvgIpc) is 2.68. The van der Waals surface area contributed by atoms with Crippen molar-refractivity contribution in [1.29, 1.82) is 0 Å². The van der Waals surface area contributed by atoms with E-state index in [-0.39, 0.29) is 18.1 Å². The second-order valence-corrected chi connectivity index (χ2v) is 5.22. The fourth-order valence-corrected chi connectivity index (χ4v) is 2.61. The van der Waals surface area contributed by atoms with Gasteiger partial charge in [0.2, 0.25) is 5.91 Å². The largest absolute Gasteiger partial charge is 0.326 e. The molecule has 2 rings (SSSR count). The number of amides is 1. The molecule has 0 saturated carbocycles. The van der Waals surface area contributed by atoms with Gasteiger partial charge in [-0.25, -0.2) is 0 Å². The Morgan fingerprint density at radius 2 is 1.94 bits per heavy atom. The number of carbonyl (C=O) groups excluding carboxylic acids is 1. The highest BCUT2D eigenvalue weighted by atomic mass is 16.2. The quantitative estimate of drug-likeness (QED) is 0.881. The van der Waals surface area contributed by atoms with Gasteiger partial charge in [0.05, 0.1) is 12.2 Å². The summed E-state index contributed by atoms with van der Waals surface area (Å²) in [5, 5.41) is 3.47. The van der Waals surface area contributed by atoms with Crippen molar-refractivity contribution in [3.8, 4) is 0 Å². The Morgan fingerprint density at radius 1 is 1.28 bits per heavy atom. The molecule has 3 heteroatoms. The van der Waals surface area contributed by atoms with Gasteiger partial charge in [0.15, 0.2) is 0 Å². The van der Waals surface area contributed by atoms with Crippen LogP contribution in [0.15, 0.2) is 30.3 Å². The second kappa shape index (κ2) is 5.53. The van der Waals surface area contributed by atoms with Gasteiger partial charge in [0, 0.05) is 6.54 Å². The fourth-order valence-electron chi connectivity index (χ4n) is 2.61. The summed E-state index contributed by atoms with van der Waals surface area (Å²) in [5.74, 6) is 0.676. The summed E-state index contributed by atoms with van der Waals surface area (Å²) in [6.45, 7) is 7.12. The first kappa shape index (κ1) is 13.1. The normalized spacial score (nSPS) is 24.0. The van der Waals surface area contributed by atoms with E-state index in [9.17, 15) is 4.79 Å². The topological polar surface area (TPSA) is 32.3 Å². The molecule has 1 fully saturated rings. The van der Waals surface area contributed by atoms with Crippen LogP contribution in [0.5, 0.6) is 0 Å². The van der Waals surface area contributed by atoms with Crippen molar-refractivity contribution in [1.82, 2.24) is 10.2 Å². The van der Waals surface area contributed by atoms with Crippen molar-refractivity contribution in [2.75, 3.05) is 6.54 Å². The summed E-state index contributed by atoms with van der Waals surface area (Å²) < 4.78 is 0. The summed E-state index contributed by atoms with van der Waals surface area (Å²) in [4.78, 5) is 14.3. The number of nitrogens with zero attached hydrogens (tertiary/aromatic N) is 1. The first-order chi connectivity index (χ1) is 8.63. The van der Waals surface area contributed by atoms with E-state index in [1.807, 2.05) is 30.0 Å². The standard InChI is InChI=1S/C15H22N2O/c1-4-17-14(11(2)3)16-13(15(17)18)10-12-8-6-5-7-9-12/h5-9,11,13-14,16H,4,10H2,1-3H3. The third kappa shape index (κ3) is 2.56. The number of hydrogen-bond acceptors (Lipinski definition) is 2. The zero-order chi connectivity index (χ0) is 13.1. The van der Waals surface area contributed by atoms with Crippen LogP contribution >= 0.6 is 0 Å². The van der Waals surface area contributed by atoms with Crippen LogP contribution in [0.25, 0.3) is 0 Å². The number of hydrogen-bond donors (Lipinski definition) is 1. The minimum absolute atomic E-state index is 0.0697. The van der Waals surface area contributed by atoms with Crippen molar-refractivity contribution < 1.29 is 4.79 Å². The lowest BCUT2D eigenvalue weighted by Crippen LogP contribution is -2.41. The molecule has 1 N–H and O–H groups in total. The molecule has 1 aliphatic heterocycles. The lowest BCUT2D eigenvalue weighted by molar-refractivity contribution is -0.130. The first-order valence-corrected chi connectivity index (χ1v) is 6.74. The Balaban J connectivity index is 2.09. The summed E-state index contributed by atoms with van der Waals surface area (Å²) in [5.41, 5.74) is 1.21. The molecule has 1 saturated heterocycles. The molecule has 0 aromatic heterocycles. The van der Waals surface area contributed by atoms with E-state index in [0.29, 0.717) is 5.92 Å². The minimum atomic E-state index is -0.0697. The van der Waals surface area contributed by atoms with Gasteiger partial charge < -0.3 is 4.90 Å². The molecule has 1 aromatic rings. The first-order valence-electron chi connectivity index (χ1n) is 6.74. The highest BCUT2D eigenvalue weighted by Gasteiger charge is 2.38. The molecule has 1 heterocycles. The third-order valence-electron chi connectivity index (χ3n) is 3.54. The van der Waals surface area contributed by atoms with Crippen LogP contribution < -0.4 is 5.32 Å². The maximum Gasteiger partial charge on any atom is 0.241 e. The summed E-state index contributed by atoms with van der Waals surface area (Å²) in [6, 6.07) is 10.1. The lowest BCUT2D eigenvalue weighted by atomic mass is 10.1. The van der Waals surface area contributed by atoms with E-state index in [1.54, 1.807) is 0 Å². The molecule has 98 valence electrons. The van der Waals surface area contributed by atoms with Gasteiger partial charge in [-0.05, 0) is 24.8 Å². The predicted molar refractivity (Wildman–Crippen MR) is 73.1 cm³/mol. The lowest BCUT2D eigenvalue weighted by Gasteiger charge is -2.25. The molecular weight excluding hydrogens is 224 g/mol.